The smallest absolute Gasteiger partial charge is 0.257 e. The van der Waals surface area contributed by atoms with E-state index in [2.05, 4.69) is 34.7 Å². The van der Waals surface area contributed by atoms with Gasteiger partial charge in [-0.25, -0.2) is 9.97 Å². The van der Waals surface area contributed by atoms with Gasteiger partial charge in [0.05, 0.1) is 13.7 Å². The number of aromatic nitrogens is 3. The Morgan fingerprint density at radius 3 is 2.48 bits per heavy atom. The number of hydrogen-bond acceptors (Lipinski definition) is 5. The van der Waals surface area contributed by atoms with Crippen molar-refractivity contribution in [3.05, 3.63) is 82.2 Å². The van der Waals surface area contributed by atoms with Crippen LogP contribution in [-0.4, -0.2) is 21.6 Å². The third kappa shape index (κ3) is 6.22. The summed E-state index contributed by atoms with van der Waals surface area (Å²) in [6.07, 6.45) is 13.7. The Morgan fingerprint density at radius 2 is 1.84 bits per heavy atom. The second kappa shape index (κ2) is 10.7. The first kappa shape index (κ1) is 21.7. The number of hydrogen-bond donors (Lipinski definition) is 0. The van der Waals surface area contributed by atoms with Gasteiger partial charge in [0.25, 0.3) is 5.56 Å². The van der Waals surface area contributed by atoms with Crippen LogP contribution in [0.5, 0.6) is 11.6 Å². The van der Waals surface area contributed by atoms with Crippen LogP contribution >= 0.6 is 0 Å². The van der Waals surface area contributed by atoms with Crippen LogP contribution in [0.15, 0.2) is 59.7 Å². The van der Waals surface area contributed by atoms with Crippen molar-refractivity contribution in [2.24, 2.45) is 5.92 Å². The van der Waals surface area contributed by atoms with Crippen LogP contribution in [0.3, 0.4) is 0 Å². The lowest BCUT2D eigenvalue weighted by Gasteiger charge is -2.14. The molecule has 6 nitrogen and oxygen atoms in total. The van der Waals surface area contributed by atoms with Crippen molar-refractivity contribution in [1.82, 2.24) is 14.5 Å². The third-order valence-electron chi connectivity index (χ3n) is 4.55. The van der Waals surface area contributed by atoms with Crippen molar-refractivity contribution < 1.29 is 9.47 Å². The Kier molecular flexibility index (Phi) is 7.45. The molecule has 1 aliphatic carbocycles. The minimum atomic E-state index is -0.203. The molecule has 3 aromatic rings. The second-order valence-corrected chi connectivity index (χ2v) is 6.85. The van der Waals surface area contributed by atoms with Crippen LogP contribution in [0.1, 0.15) is 29.8 Å². The average Bonchev–Trinajstić information content (AvgIpc) is 3.65. The number of terminal acetylenes is 1. The van der Waals surface area contributed by atoms with E-state index >= 15 is 0 Å². The van der Waals surface area contributed by atoms with Crippen molar-refractivity contribution in [3.63, 3.8) is 0 Å². The van der Waals surface area contributed by atoms with Gasteiger partial charge >= 0.3 is 0 Å². The predicted molar refractivity (Wildman–Crippen MR) is 119 cm³/mol. The van der Waals surface area contributed by atoms with Crippen LogP contribution < -0.4 is 15.0 Å². The Labute approximate surface area is 181 Å². The summed E-state index contributed by atoms with van der Waals surface area (Å²) in [7, 11) is 1.53. The molecule has 0 amide bonds. The third-order valence-corrected chi connectivity index (χ3v) is 4.55. The Morgan fingerprint density at radius 1 is 1.13 bits per heavy atom. The molecule has 0 radical (unpaired) electrons. The first-order valence-electron chi connectivity index (χ1n) is 9.82. The van der Waals surface area contributed by atoms with Gasteiger partial charge in [-0.05, 0) is 36.6 Å². The highest BCUT2D eigenvalue weighted by Crippen LogP contribution is 2.27. The molecule has 6 heteroatoms. The maximum absolute atomic E-state index is 12.6. The summed E-state index contributed by atoms with van der Waals surface area (Å²) < 4.78 is 12.6. The fraction of sp³-hybridized carbons (Fsp3) is 0.240. The molecule has 1 fully saturated rings. The van der Waals surface area contributed by atoms with Gasteiger partial charge in [0.1, 0.15) is 12.4 Å². The van der Waals surface area contributed by atoms with Crippen LogP contribution in [0.25, 0.3) is 0 Å². The number of pyridine rings is 1. The number of benzene rings is 1. The minimum Gasteiger partial charge on any atom is -0.485 e. The quantitative estimate of drug-likeness (QED) is 0.580. The van der Waals surface area contributed by atoms with Gasteiger partial charge in [0.15, 0.2) is 11.7 Å². The highest BCUT2D eigenvalue weighted by molar-refractivity contribution is 5.37. The molecule has 0 N–H and O–H groups in total. The molecule has 1 aliphatic rings. The number of nitrogens with zero attached hydrogens (tertiary/aromatic N) is 3. The van der Waals surface area contributed by atoms with Crippen molar-refractivity contribution in [1.29, 1.82) is 0 Å². The van der Waals surface area contributed by atoms with E-state index in [1.165, 1.54) is 26.0 Å². The molecule has 0 spiro atoms. The number of methoxy groups -OCH3 is 1. The fourth-order valence-corrected chi connectivity index (χ4v) is 2.80. The summed E-state index contributed by atoms with van der Waals surface area (Å²) in [5.41, 5.74) is 1.78. The molecule has 2 aromatic heterocycles. The van der Waals surface area contributed by atoms with Gasteiger partial charge in [-0.2, -0.15) is 0 Å². The van der Waals surface area contributed by atoms with Crippen LogP contribution in [0, 0.1) is 30.6 Å². The molecule has 1 saturated carbocycles. The number of rotatable bonds is 6. The molecule has 2 heterocycles. The van der Waals surface area contributed by atoms with Crippen LogP contribution in [0.4, 0.5) is 0 Å². The Hall–Kier alpha value is -4.03. The minimum absolute atomic E-state index is 0.177. The number of ether oxygens (including phenoxy) is 2. The highest BCUT2D eigenvalue weighted by Gasteiger charge is 2.17. The van der Waals surface area contributed by atoms with Crippen molar-refractivity contribution in [2.75, 3.05) is 7.11 Å². The molecular weight excluding hydrogens is 390 g/mol. The topological polar surface area (TPSA) is 66.2 Å². The van der Waals surface area contributed by atoms with Crippen molar-refractivity contribution in [3.8, 4) is 36.3 Å². The van der Waals surface area contributed by atoms with E-state index in [1.807, 2.05) is 24.3 Å². The predicted octanol–water partition coefficient (Wildman–Crippen LogP) is 3.29. The largest absolute Gasteiger partial charge is 0.485 e. The van der Waals surface area contributed by atoms with E-state index in [1.54, 1.807) is 29.1 Å². The molecule has 0 atom stereocenters. The zero-order valence-electron chi connectivity index (χ0n) is 17.3. The van der Waals surface area contributed by atoms with Crippen LogP contribution in [0.2, 0.25) is 0 Å². The van der Waals surface area contributed by atoms with Crippen molar-refractivity contribution >= 4 is 0 Å². The second-order valence-electron chi connectivity index (χ2n) is 6.85. The molecule has 4 rings (SSSR count). The molecule has 0 aliphatic heterocycles. The standard InChI is InChI=1S/C23H21N3O3.C2H2/c1-28-23-14-20(29-16-21-24-11-2-12-25-21)13-22(27)26(23)15-19-9-7-18(8-10-19)6-5-17-3-4-17;1-2/h2,7-14,17H,3-4,15-16H2,1H3;1-2H. The molecule has 0 bridgehead atoms. The van der Waals surface area contributed by atoms with E-state index in [4.69, 9.17) is 9.47 Å². The Bertz CT molecular complexity index is 1140. The monoisotopic (exact) mass is 413 g/mol. The maximum Gasteiger partial charge on any atom is 0.257 e. The van der Waals surface area contributed by atoms with Gasteiger partial charge in [0, 0.05) is 36.0 Å². The average molecular weight is 413 g/mol. The molecule has 0 saturated heterocycles. The summed E-state index contributed by atoms with van der Waals surface area (Å²) in [4.78, 5) is 20.8. The lowest BCUT2D eigenvalue weighted by Crippen LogP contribution is -2.21. The Balaban J connectivity index is 0.00000132. The first-order valence-corrected chi connectivity index (χ1v) is 9.82. The lowest BCUT2D eigenvalue weighted by atomic mass is 10.1. The summed E-state index contributed by atoms with van der Waals surface area (Å²) in [6.45, 7) is 0.581. The van der Waals surface area contributed by atoms with Gasteiger partial charge in [0.2, 0.25) is 0 Å². The van der Waals surface area contributed by atoms with Crippen molar-refractivity contribution in [2.45, 2.75) is 26.0 Å². The fourth-order valence-electron chi connectivity index (χ4n) is 2.80. The highest BCUT2D eigenvalue weighted by atomic mass is 16.5. The normalized spacial score (nSPS) is 12.0. The van der Waals surface area contributed by atoms with Gasteiger partial charge in [-0.3, -0.25) is 9.36 Å². The summed E-state index contributed by atoms with van der Waals surface area (Å²) in [5, 5.41) is 0. The first-order chi connectivity index (χ1) is 15.2. The summed E-state index contributed by atoms with van der Waals surface area (Å²) in [6, 6.07) is 12.8. The summed E-state index contributed by atoms with van der Waals surface area (Å²) >= 11 is 0. The lowest BCUT2D eigenvalue weighted by molar-refractivity contribution is 0.289. The van der Waals surface area contributed by atoms with Crippen LogP contribution in [-0.2, 0) is 13.2 Å². The maximum atomic E-state index is 12.6. The molecule has 156 valence electrons. The van der Waals surface area contributed by atoms with Gasteiger partial charge in [-0.15, -0.1) is 12.8 Å². The molecule has 31 heavy (non-hydrogen) atoms. The van der Waals surface area contributed by atoms with E-state index in [0.29, 0.717) is 29.9 Å². The van der Waals surface area contributed by atoms with E-state index < -0.39 is 0 Å². The molecule has 0 unspecified atom stereocenters. The molecule has 1 aromatic carbocycles. The SMILES string of the molecule is C#C.COc1cc(OCc2ncccn2)cc(=O)n1Cc1ccc(C#CC2CC2)cc1. The van der Waals surface area contributed by atoms with Gasteiger partial charge in [-0.1, -0.05) is 24.0 Å². The van der Waals surface area contributed by atoms with E-state index in [0.717, 1.165) is 11.1 Å². The zero-order chi connectivity index (χ0) is 22.1. The zero-order valence-corrected chi connectivity index (χ0v) is 17.3. The van der Waals surface area contributed by atoms with Gasteiger partial charge < -0.3 is 9.47 Å². The summed E-state index contributed by atoms with van der Waals surface area (Å²) in [5.74, 6) is 8.41. The molecular formula is C25H23N3O3. The van der Waals surface area contributed by atoms with E-state index in [-0.39, 0.29) is 12.2 Å². The van der Waals surface area contributed by atoms with E-state index in [9.17, 15) is 4.79 Å².